The molecule has 0 N–H and O–H groups in total. The second-order valence-electron chi connectivity index (χ2n) is 11.8. The van der Waals surface area contributed by atoms with Crippen LogP contribution in [0.3, 0.4) is 0 Å². The molecule has 9 aromatic rings. The summed E-state index contributed by atoms with van der Waals surface area (Å²) < 4.78 is 2.62. The minimum atomic E-state index is 1.14. The summed E-state index contributed by atoms with van der Waals surface area (Å²) in [6, 6.07) is 64.0. The van der Waals surface area contributed by atoms with Crippen LogP contribution in [0.5, 0.6) is 0 Å². The Balaban J connectivity index is 1.10. The van der Waals surface area contributed by atoms with Gasteiger partial charge in [0, 0.05) is 37.2 Å². The zero-order valence-corrected chi connectivity index (χ0v) is 25.9. The Kier molecular flexibility index (Phi) is 6.40. The fourth-order valence-corrected chi connectivity index (χ4v) is 7.79. The molecule has 1 heterocycles. The predicted molar refractivity (Wildman–Crippen MR) is 200 cm³/mol. The molecule has 0 spiro atoms. The third-order valence-electron chi connectivity index (χ3n) is 9.02. The van der Waals surface area contributed by atoms with Gasteiger partial charge in [-0.2, -0.15) is 0 Å². The van der Waals surface area contributed by atoms with Gasteiger partial charge in [0.15, 0.2) is 0 Å². The summed E-state index contributed by atoms with van der Waals surface area (Å²) in [7, 11) is 0. The Bertz CT molecular complexity index is 2530. The minimum absolute atomic E-state index is 1.14. The highest BCUT2D eigenvalue weighted by Gasteiger charge is 2.15. The molecule has 0 aliphatic rings. The number of thiophene rings is 1. The Morgan fingerprint density at radius 3 is 1.63 bits per heavy atom. The van der Waals surface area contributed by atoms with Gasteiger partial charge in [-0.1, -0.05) is 121 Å². The Hall–Kier alpha value is -5.70. The second kappa shape index (κ2) is 11.0. The maximum absolute atomic E-state index is 2.37. The van der Waals surface area contributed by atoms with Crippen molar-refractivity contribution in [2.75, 3.05) is 4.90 Å². The molecule has 0 amide bonds. The molecule has 1 nitrogen and oxygen atoms in total. The van der Waals surface area contributed by atoms with Gasteiger partial charge < -0.3 is 4.90 Å². The first-order valence-corrected chi connectivity index (χ1v) is 16.5. The summed E-state index contributed by atoms with van der Waals surface area (Å²) in [5.74, 6) is 0. The van der Waals surface area contributed by atoms with E-state index in [0.29, 0.717) is 0 Å². The van der Waals surface area contributed by atoms with Gasteiger partial charge >= 0.3 is 0 Å². The number of hydrogen-bond acceptors (Lipinski definition) is 2. The van der Waals surface area contributed by atoms with Crippen molar-refractivity contribution < 1.29 is 0 Å². The smallest absolute Gasteiger partial charge is 0.0476 e. The van der Waals surface area contributed by atoms with E-state index in [-0.39, 0.29) is 0 Å². The molecule has 1 aromatic heterocycles. The number of hydrogen-bond donors (Lipinski definition) is 0. The normalized spacial score (nSPS) is 11.5. The van der Waals surface area contributed by atoms with Crippen LogP contribution >= 0.6 is 11.3 Å². The molecular weight excluding hydrogens is 575 g/mol. The highest BCUT2D eigenvalue weighted by Crippen LogP contribution is 2.41. The predicted octanol–water partition coefficient (Wildman–Crippen LogP) is 13.2. The first kappa shape index (κ1) is 26.7. The van der Waals surface area contributed by atoms with E-state index in [9.17, 15) is 0 Å². The van der Waals surface area contributed by atoms with Crippen LogP contribution in [0.2, 0.25) is 0 Å². The fourth-order valence-electron chi connectivity index (χ4n) is 6.65. The summed E-state index contributed by atoms with van der Waals surface area (Å²) in [5.41, 5.74) is 8.34. The lowest BCUT2D eigenvalue weighted by Crippen LogP contribution is -2.09. The monoisotopic (exact) mass is 603 g/mol. The molecular formula is C44H29NS. The molecule has 0 saturated carbocycles. The van der Waals surface area contributed by atoms with Crippen LogP contribution in [0.4, 0.5) is 17.1 Å². The zero-order valence-electron chi connectivity index (χ0n) is 25.1. The Morgan fingerprint density at radius 1 is 0.304 bits per heavy atom. The lowest BCUT2D eigenvalue weighted by molar-refractivity contribution is 1.30. The molecule has 0 aliphatic heterocycles. The van der Waals surface area contributed by atoms with Crippen LogP contribution in [0.15, 0.2) is 176 Å². The van der Waals surface area contributed by atoms with Gasteiger partial charge in [0.25, 0.3) is 0 Å². The first-order chi connectivity index (χ1) is 22.8. The Labute approximate surface area is 272 Å². The summed E-state index contributed by atoms with van der Waals surface area (Å²) >= 11 is 1.86. The molecule has 8 aromatic carbocycles. The molecule has 0 fully saturated rings. The van der Waals surface area contributed by atoms with Crippen molar-refractivity contribution in [1.29, 1.82) is 0 Å². The molecule has 216 valence electrons. The average molecular weight is 604 g/mol. The van der Waals surface area contributed by atoms with E-state index in [1.165, 1.54) is 64.0 Å². The van der Waals surface area contributed by atoms with E-state index < -0.39 is 0 Å². The van der Waals surface area contributed by atoms with E-state index in [1.807, 2.05) is 11.3 Å². The highest BCUT2D eigenvalue weighted by molar-refractivity contribution is 7.25. The molecule has 0 aliphatic carbocycles. The standard InChI is InChI=1S/C44H29NS/c1-2-10-38(11-3-1)45(40-24-25-42-41-12-6-7-13-43(41)46-44(42)29-40)39-23-22-33-19-21-36(27-37(33)28-39)32-16-14-31(15-17-32)35-20-18-30-8-4-5-9-34(30)26-35/h1-29H. The SMILES string of the molecule is c1ccc(N(c2ccc3ccc(-c4ccc(-c5ccc6ccccc6c5)cc4)cc3c2)c2ccc3c(c2)sc2ccccc23)cc1. The van der Waals surface area contributed by atoms with Gasteiger partial charge in [-0.05, 0) is 98.4 Å². The van der Waals surface area contributed by atoms with E-state index in [4.69, 9.17) is 0 Å². The topological polar surface area (TPSA) is 3.24 Å². The average Bonchev–Trinajstić information content (AvgIpc) is 3.50. The van der Waals surface area contributed by atoms with Crippen LogP contribution in [0, 0.1) is 0 Å². The number of nitrogens with zero attached hydrogens (tertiary/aromatic N) is 1. The van der Waals surface area contributed by atoms with E-state index in [1.54, 1.807) is 0 Å². The molecule has 0 bridgehead atoms. The van der Waals surface area contributed by atoms with E-state index >= 15 is 0 Å². The van der Waals surface area contributed by atoms with Gasteiger partial charge in [0.05, 0.1) is 0 Å². The molecule has 2 heteroatoms. The molecule has 46 heavy (non-hydrogen) atoms. The zero-order chi connectivity index (χ0) is 30.5. The van der Waals surface area contributed by atoms with Gasteiger partial charge in [-0.15, -0.1) is 11.3 Å². The van der Waals surface area contributed by atoms with Crippen LogP contribution in [0.1, 0.15) is 0 Å². The number of benzene rings is 8. The summed E-state index contributed by atoms with van der Waals surface area (Å²) in [6.07, 6.45) is 0. The van der Waals surface area contributed by atoms with Crippen molar-refractivity contribution >= 4 is 70.1 Å². The van der Waals surface area contributed by atoms with Crippen molar-refractivity contribution in [1.82, 2.24) is 0 Å². The van der Waals surface area contributed by atoms with Crippen molar-refractivity contribution in [2.45, 2.75) is 0 Å². The highest BCUT2D eigenvalue weighted by atomic mass is 32.1. The van der Waals surface area contributed by atoms with Crippen LogP contribution in [-0.2, 0) is 0 Å². The first-order valence-electron chi connectivity index (χ1n) is 15.7. The van der Waals surface area contributed by atoms with Gasteiger partial charge in [0.1, 0.15) is 0 Å². The summed E-state index contributed by atoms with van der Waals surface area (Å²) in [4.78, 5) is 2.37. The van der Waals surface area contributed by atoms with Crippen molar-refractivity contribution in [2.24, 2.45) is 0 Å². The number of para-hydroxylation sites is 1. The third kappa shape index (κ3) is 4.72. The lowest BCUT2D eigenvalue weighted by atomic mass is 9.97. The molecule has 0 atom stereocenters. The third-order valence-corrected chi connectivity index (χ3v) is 10.2. The van der Waals surface area contributed by atoms with Gasteiger partial charge in [0.2, 0.25) is 0 Å². The fraction of sp³-hybridized carbons (Fsp3) is 0. The Morgan fingerprint density at radius 2 is 0.848 bits per heavy atom. The van der Waals surface area contributed by atoms with E-state index in [2.05, 4.69) is 181 Å². The molecule has 0 saturated heterocycles. The maximum Gasteiger partial charge on any atom is 0.0476 e. The number of rotatable bonds is 5. The quantitative estimate of drug-likeness (QED) is 0.189. The van der Waals surface area contributed by atoms with Crippen LogP contribution in [0.25, 0.3) is 64.0 Å². The molecule has 0 radical (unpaired) electrons. The number of anilines is 3. The van der Waals surface area contributed by atoms with Crippen LogP contribution in [-0.4, -0.2) is 0 Å². The summed E-state index contributed by atoms with van der Waals surface area (Å²) in [5, 5.41) is 7.62. The van der Waals surface area contributed by atoms with Crippen LogP contribution < -0.4 is 4.90 Å². The lowest BCUT2D eigenvalue weighted by Gasteiger charge is -2.26. The van der Waals surface area contributed by atoms with Crippen molar-refractivity contribution in [3.05, 3.63) is 176 Å². The number of fused-ring (bicyclic) bond motifs is 5. The minimum Gasteiger partial charge on any atom is -0.310 e. The molecule has 0 unspecified atom stereocenters. The second-order valence-corrected chi connectivity index (χ2v) is 12.9. The van der Waals surface area contributed by atoms with Crippen molar-refractivity contribution in [3.8, 4) is 22.3 Å². The maximum atomic E-state index is 2.37. The summed E-state index contributed by atoms with van der Waals surface area (Å²) in [6.45, 7) is 0. The van der Waals surface area contributed by atoms with Crippen molar-refractivity contribution in [3.63, 3.8) is 0 Å². The van der Waals surface area contributed by atoms with Gasteiger partial charge in [-0.25, -0.2) is 0 Å². The molecule has 9 rings (SSSR count). The largest absolute Gasteiger partial charge is 0.310 e. The van der Waals surface area contributed by atoms with Gasteiger partial charge in [-0.3, -0.25) is 0 Å². The van der Waals surface area contributed by atoms with E-state index in [0.717, 1.165) is 17.1 Å².